The zero-order valence-electron chi connectivity index (χ0n) is 11.5. The molecule has 0 spiro atoms. The lowest BCUT2D eigenvalue weighted by Crippen LogP contribution is -2.35. The molecule has 2 aromatic carbocycles. The van der Waals surface area contributed by atoms with Crippen LogP contribution in [0.3, 0.4) is 0 Å². The summed E-state index contributed by atoms with van der Waals surface area (Å²) in [6.07, 6.45) is -0.731. The zero-order valence-corrected chi connectivity index (χ0v) is 11.5. The van der Waals surface area contributed by atoms with Gasteiger partial charge in [0.2, 0.25) is 5.91 Å². The number of hydrogen-bond donors (Lipinski definition) is 2. The van der Waals surface area contributed by atoms with Crippen molar-refractivity contribution in [2.75, 3.05) is 16.8 Å². The lowest BCUT2D eigenvalue weighted by atomic mass is 10.1. The largest absolute Gasteiger partial charge is 0.389 e. The van der Waals surface area contributed by atoms with Gasteiger partial charge in [0, 0.05) is 0 Å². The van der Waals surface area contributed by atoms with Crippen LogP contribution in [-0.2, 0) is 4.79 Å². The highest BCUT2D eigenvalue weighted by molar-refractivity contribution is 6.03. The first kappa shape index (κ1) is 13.6. The van der Waals surface area contributed by atoms with Gasteiger partial charge in [-0.25, -0.2) is 4.39 Å². The SMILES string of the molecule is C[C@H](O)c1ccc(N2CC(=O)Nc3ccccc32)c(F)c1. The lowest BCUT2D eigenvalue weighted by Gasteiger charge is -2.31. The minimum atomic E-state index is -0.731. The van der Waals surface area contributed by atoms with Crippen molar-refractivity contribution >= 4 is 23.0 Å². The summed E-state index contributed by atoms with van der Waals surface area (Å²) in [7, 11) is 0. The third kappa shape index (κ3) is 2.48. The number of rotatable bonds is 2. The van der Waals surface area contributed by atoms with Gasteiger partial charge in [0.15, 0.2) is 0 Å². The molecule has 3 rings (SSSR count). The molecule has 0 fully saturated rings. The van der Waals surface area contributed by atoms with Gasteiger partial charge >= 0.3 is 0 Å². The highest BCUT2D eigenvalue weighted by Gasteiger charge is 2.24. The monoisotopic (exact) mass is 286 g/mol. The van der Waals surface area contributed by atoms with Crippen LogP contribution in [0.5, 0.6) is 0 Å². The molecular weight excluding hydrogens is 271 g/mol. The van der Waals surface area contributed by atoms with E-state index < -0.39 is 11.9 Å². The van der Waals surface area contributed by atoms with Gasteiger partial charge in [-0.2, -0.15) is 0 Å². The molecule has 4 nitrogen and oxygen atoms in total. The summed E-state index contributed by atoms with van der Waals surface area (Å²) in [6.45, 7) is 1.64. The summed E-state index contributed by atoms with van der Waals surface area (Å²) in [5.41, 5.74) is 2.24. The van der Waals surface area contributed by atoms with E-state index in [1.807, 2.05) is 18.2 Å². The Bertz CT molecular complexity index is 700. The first-order chi connectivity index (χ1) is 10.1. The van der Waals surface area contributed by atoms with Gasteiger partial charge in [0.25, 0.3) is 0 Å². The van der Waals surface area contributed by atoms with Crippen molar-refractivity contribution in [3.8, 4) is 0 Å². The molecule has 108 valence electrons. The second kappa shape index (κ2) is 5.18. The molecule has 1 atom stereocenters. The van der Waals surface area contributed by atoms with Gasteiger partial charge in [-0.1, -0.05) is 18.2 Å². The van der Waals surface area contributed by atoms with E-state index in [1.54, 1.807) is 30.0 Å². The predicted octanol–water partition coefficient (Wildman–Crippen LogP) is 2.97. The number of para-hydroxylation sites is 2. The molecule has 2 aromatic rings. The van der Waals surface area contributed by atoms with E-state index in [2.05, 4.69) is 5.32 Å². The Kier molecular flexibility index (Phi) is 3.35. The molecule has 1 aliphatic rings. The fourth-order valence-corrected chi connectivity index (χ4v) is 2.45. The number of benzene rings is 2. The maximum Gasteiger partial charge on any atom is 0.244 e. The average molecular weight is 286 g/mol. The first-order valence-corrected chi connectivity index (χ1v) is 6.70. The van der Waals surface area contributed by atoms with Crippen LogP contribution in [0.4, 0.5) is 21.5 Å². The number of aliphatic hydroxyl groups is 1. The fraction of sp³-hybridized carbons (Fsp3) is 0.188. The number of nitrogens with zero attached hydrogens (tertiary/aromatic N) is 1. The molecule has 0 aromatic heterocycles. The molecule has 1 aliphatic heterocycles. The molecular formula is C16H15FN2O2. The number of nitrogens with one attached hydrogen (secondary N) is 1. The zero-order chi connectivity index (χ0) is 15.0. The van der Waals surface area contributed by atoms with Crippen molar-refractivity contribution in [2.45, 2.75) is 13.0 Å². The summed E-state index contributed by atoms with van der Waals surface area (Å²) >= 11 is 0. The van der Waals surface area contributed by atoms with E-state index in [9.17, 15) is 14.3 Å². The van der Waals surface area contributed by atoms with Gasteiger partial charge in [0.1, 0.15) is 12.4 Å². The van der Waals surface area contributed by atoms with Crippen molar-refractivity contribution in [1.29, 1.82) is 0 Å². The Morgan fingerprint density at radius 2 is 2.00 bits per heavy atom. The minimum Gasteiger partial charge on any atom is -0.389 e. The summed E-state index contributed by atoms with van der Waals surface area (Å²) in [5, 5.41) is 12.3. The van der Waals surface area contributed by atoms with E-state index in [0.29, 0.717) is 16.9 Å². The molecule has 1 amide bonds. The molecule has 2 N–H and O–H groups in total. The smallest absolute Gasteiger partial charge is 0.244 e. The van der Waals surface area contributed by atoms with Crippen molar-refractivity contribution in [3.63, 3.8) is 0 Å². The van der Waals surface area contributed by atoms with Crippen LogP contribution in [0.25, 0.3) is 0 Å². The molecule has 1 heterocycles. The van der Waals surface area contributed by atoms with E-state index in [0.717, 1.165) is 5.69 Å². The Balaban J connectivity index is 2.07. The van der Waals surface area contributed by atoms with Gasteiger partial charge < -0.3 is 15.3 Å². The number of anilines is 3. The number of halogens is 1. The average Bonchev–Trinajstić information content (AvgIpc) is 2.46. The Labute approximate surface area is 121 Å². The molecule has 0 saturated carbocycles. The van der Waals surface area contributed by atoms with Gasteiger partial charge in [-0.05, 0) is 36.8 Å². The third-order valence-corrected chi connectivity index (χ3v) is 3.52. The highest BCUT2D eigenvalue weighted by Crippen LogP contribution is 2.36. The Morgan fingerprint density at radius 1 is 1.24 bits per heavy atom. The summed E-state index contributed by atoms with van der Waals surface area (Å²) in [5.74, 6) is -0.648. The maximum atomic E-state index is 14.3. The maximum absolute atomic E-state index is 14.3. The van der Waals surface area contributed by atoms with Crippen molar-refractivity contribution in [2.24, 2.45) is 0 Å². The number of carbonyl (C=O) groups excluding carboxylic acids is 1. The molecule has 0 aliphatic carbocycles. The van der Waals surface area contributed by atoms with E-state index in [1.165, 1.54) is 6.07 Å². The number of aliphatic hydroxyl groups excluding tert-OH is 1. The Hall–Kier alpha value is -2.40. The summed E-state index contributed by atoms with van der Waals surface area (Å²) < 4.78 is 14.3. The topological polar surface area (TPSA) is 52.6 Å². The minimum absolute atomic E-state index is 0.0575. The lowest BCUT2D eigenvalue weighted by molar-refractivity contribution is -0.115. The number of hydrogen-bond acceptors (Lipinski definition) is 3. The predicted molar refractivity (Wildman–Crippen MR) is 79.1 cm³/mol. The van der Waals surface area contributed by atoms with Gasteiger partial charge in [0.05, 0.1) is 23.2 Å². The van der Waals surface area contributed by atoms with Crippen LogP contribution in [0.2, 0.25) is 0 Å². The Morgan fingerprint density at radius 3 is 2.71 bits per heavy atom. The van der Waals surface area contributed by atoms with Gasteiger partial charge in [-0.3, -0.25) is 4.79 Å². The molecule has 21 heavy (non-hydrogen) atoms. The van der Waals surface area contributed by atoms with Gasteiger partial charge in [-0.15, -0.1) is 0 Å². The summed E-state index contributed by atoms with van der Waals surface area (Å²) in [6, 6.07) is 11.8. The fourth-order valence-electron chi connectivity index (χ4n) is 2.45. The van der Waals surface area contributed by atoms with Crippen LogP contribution in [0.15, 0.2) is 42.5 Å². The molecule has 0 bridgehead atoms. The number of fused-ring (bicyclic) bond motifs is 1. The van der Waals surface area contributed by atoms with Crippen molar-refractivity contribution < 1.29 is 14.3 Å². The van der Waals surface area contributed by atoms with Crippen LogP contribution < -0.4 is 10.2 Å². The number of amides is 1. The molecule has 0 radical (unpaired) electrons. The first-order valence-electron chi connectivity index (χ1n) is 6.70. The quantitative estimate of drug-likeness (QED) is 0.892. The third-order valence-electron chi connectivity index (χ3n) is 3.52. The molecule has 5 heteroatoms. The van der Waals surface area contributed by atoms with Crippen LogP contribution in [0.1, 0.15) is 18.6 Å². The van der Waals surface area contributed by atoms with Crippen LogP contribution in [0, 0.1) is 5.82 Å². The normalized spacial score (nSPS) is 15.4. The van der Waals surface area contributed by atoms with Crippen molar-refractivity contribution in [1.82, 2.24) is 0 Å². The number of carbonyl (C=O) groups is 1. The van der Waals surface area contributed by atoms with Crippen LogP contribution >= 0.6 is 0 Å². The van der Waals surface area contributed by atoms with E-state index >= 15 is 0 Å². The van der Waals surface area contributed by atoms with E-state index in [4.69, 9.17) is 0 Å². The highest BCUT2D eigenvalue weighted by atomic mass is 19.1. The summed E-state index contributed by atoms with van der Waals surface area (Å²) in [4.78, 5) is 13.4. The second-order valence-electron chi connectivity index (χ2n) is 5.04. The second-order valence-corrected chi connectivity index (χ2v) is 5.04. The molecule has 0 unspecified atom stereocenters. The molecule has 0 saturated heterocycles. The van der Waals surface area contributed by atoms with Crippen LogP contribution in [-0.4, -0.2) is 17.6 Å². The standard InChI is InChI=1S/C16H15FN2O2/c1-10(20)11-6-7-14(12(17)8-11)19-9-16(21)18-13-4-2-3-5-15(13)19/h2-8,10,20H,9H2,1H3,(H,18,21)/t10-/m0/s1. The van der Waals surface area contributed by atoms with E-state index in [-0.39, 0.29) is 12.5 Å². The van der Waals surface area contributed by atoms with Crippen molar-refractivity contribution in [3.05, 3.63) is 53.8 Å².